The molecule has 0 bridgehead atoms. The largest absolute Gasteiger partial charge is 0.462 e. The van der Waals surface area contributed by atoms with Crippen molar-refractivity contribution in [1.82, 2.24) is 5.48 Å². The topological polar surface area (TPSA) is 47.6 Å². The van der Waals surface area contributed by atoms with Crippen molar-refractivity contribution < 1.29 is 14.4 Å². The van der Waals surface area contributed by atoms with Gasteiger partial charge < -0.3 is 9.57 Å². The second-order valence-electron chi connectivity index (χ2n) is 2.99. The number of hydrogen-bond donors (Lipinski definition) is 1. The molecule has 0 aromatic heterocycles. The smallest absolute Gasteiger partial charge is 0.338 e. The van der Waals surface area contributed by atoms with Crippen LogP contribution in [0.4, 0.5) is 0 Å². The first-order chi connectivity index (χ1) is 7.33. The molecule has 1 aliphatic heterocycles. The van der Waals surface area contributed by atoms with Gasteiger partial charge >= 0.3 is 5.97 Å². The Morgan fingerprint density at radius 3 is 3.20 bits per heavy atom. The Hall–Kier alpha value is -1.97. The van der Waals surface area contributed by atoms with Gasteiger partial charge in [-0.2, -0.15) is 0 Å². The zero-order valence-electron chi connectivity index (χ0n) is 8.32. The van der Waals surface area contributed by atoms with Gasteiger partial charge in [-0.3, -0.25) is 0 Å². The number of carbonyl (C=O) groups excluding carboxylic acids is 1. The van der Waals surface area contributed by atoms with Crippen LogP contribution in [0, 0.1) is 0 Å². The third-order valence-corrected chi connectivity index (χ3v) is 2.05. The van der Waals surface area contributed by atoms with E-state index in [1.165, 1.54) is 0 Å². The van der Waals surface area contributed by atoms with Gasteiger partial charge in [-0.25, -0.2) is 10.3 Å². The number of ether oxygens (including phenoxy) is 1. The Morgan fingerprint density at radius 1 is 1.53 bits per heavy atom. The van der Waals surface area contributed by atoms with E-state index in [0.29, 0.717) is 17.9 Å². The van der Waals surface area contributed by atoms with E-state index >= 15 is 0 Å². The van der Waals surface area contributed by atoms with E-state index in [4.69, 9.17) is 9.57 Å². The van der Waals surface area contributed by atoms with Gasteiger partial charge in [0.1, 0.15) is 0 Å². The fourth-order valence-corrected chi connectivity index (χ4v) is 1.41. The fraction of sp³-hybridized carbons (Fsp3) is 0.182. The maximum atomic E-state index is 11.6. The Morgan fingerprint density at radius 2 is 2.40 bits per heavy atom. The van der Waals surface area contributed by atoms with Gasteiger partial charge in [-0.1, -0.05) is 6.07 Å². The van der Waals surface area contributed by atoms with Crippen LogP contribution in [-0.2, 0) is 4.74 Å². The predicted molar refractivity (Wildman–Crippen MR) is 55.2 cm³/mol. The minimum Gasteiger partial charge on any atom is -0.462 e. The molecular weight excluding hydrogens is 194 g/mol. The molecule has 1 aromatic carbocycles. The minimum absolute atomic E-state index is 0.329. The number of rotatable bonds is 2. The summed E-state index contributed by atoms with van der Waals surface area (Å²) in [5.74, 6) is 0.299. The molecule has 2 rings (SSSR count). The lowest BCUT2D eigenvalue weighted by atomic mass is 10.1. The molecule has 0 fully saturated rings. The molecule has 0 radical (unpaired) electrons. The van der Waals surface area contributed by atoms with Crippen LogP contribution in [0.25, 0.3) is 6.08 Å². The first-order valence-electron chi connectivity index (χ1n) is 4.72. The van der Waals surface area contributed by atoms with Crippen LogP contribution >= 0.6 is 0 Å². The molecule has 0 spiro atoms. The van der Waals surface area contributed by atoms with Gasteiger partial charge in [-0.05, 0) is 25.1 Å². The van der Waals surface area contributed by atoms with Crippen LogP contribution in [0.5, 0.6) is 5.75 Å². The molecule has 0 unspecified atom stereocenters. The van der Waals surface area contributed by atoms with Crippen molar-refractivity contribution in [1.29, 1.82) is 0 Å². The quantitative estimate of drug-likeness (QED) is 0.747. The third-order valence-electron chi connectivity index (χ3n) is 2.05. The highest BCUT2D eigenvalue weighted by Gasteiger charge is 2.16. The van der Waals surface area contributed by atoms with Gasteiger partial charge in [0.2, 0.25) is 0 Å². The van der Waals surface area contributed by atoms with E-state index in [9.17, 15) is 4.79 Å². The van der Waals surface area contributed by atoms with E-state index < -0.39 is 0 Å². The second-order valence-corrected chi connectivity index (χ2v) is 2.99. The number of esters is 1. The molecule has 1 heterocycles. The SMILES string of the molecule is CCOC(=O)c1cccc2c1C=CNO2. The van der Waals surface area contributed by atoms with Crippen molar-refractivity contribution in [2.24, 2.45) is 0 Å². The molecule has 0 aliphatic carbocycles. The summed E-state index contributed by atoms with van der Waals surface area (Å²) in [6.07, 6.45) is 3.41. The van der Waals surface area contributed by atoms with Crippen molar-refractivity contribution in [2.45, 2.75) is 6.92 Å². The molecule has 15 heavy (non-hydrogen) atoms. The van der Waals surface area contributed by atoms with Gasteiger partial charge in [-0.15, -0.1) is 0 Å². The summed E-state index contributed by atoms with van der Waals surface area (Å²) in [5, 5.41) is 0. The lowest BCUT2D eigenvalue weighted by molar-refractivity contribution is 0.0525. The standard InChI is InChI=1S/C11H11NO3/c1-2-14-11(13)9-4-3-5-10-8(9)6-7-12-15-10/h3-7,12H,2H2,1H3. The van der Waals surface area contributed by atoms with Gasteiger partial charge in [0.05, 0.1) is 12.2 Å². The zero-order valence-corrected chi connectivity index (χ0v) is 8.32. The lowest BCUT2D eigenvalue weighted by Gasteiger charge is -2.14. The van der Waals surface area contributed by atoms with Crippen molar-refractivity contribution in [3.8, 4) is 5.75 Å². The lowest BCUT2D eigenvalue weighted by Crippen LogP contribution is -2.16. The summed E-state index contributed by atoms with van der Waals surface area (Å²) in [6.45, 7) is 2.15. The summed E-state index contributed by atoms with van der Waals surface area (Å²) in [7, 11) is 0. The average molecular weight is 205 g/mol. The van der Waals surface area contributed by atoms with Crippen molar-refractivity contribution in [3.63, 3.8) is 0 Å². The number of nitrogens with one attached hydrogen (secondary N) is 1. The number of benzene rings is 1. The number of fused-ring (bicyclic) bond motifs is 1. The van der Waals surface area contributed by atoms with E-state index in [-0.39, 0.29) is 5.97 Å². The first-order valence-corrected chi connectivity index (χ1v) is 4.72. The normalized spacial score (nSPS) is 12.3. The van der Waals surface area contributed by atoms with E-state index in [0.717, 1.165) is 5.56 Å². The van der Waals surface area contributed by atoms with E-state index in [2.05, 4.69) is 5.48 Å². The van der Waals surface area contributed by atoms with Crippen LogP contribution in [0.3, 0.4) is 0 Å². The van der Waals surface area contributed by atoms with Crippen molar-refractivity contribution in [3.05, 3.63) is 35.5 Å². The van der Waals surface area contributed by atoms with Crippen LogP contribution in [0.15, 0.2) is 24.4 Å². The number of hydroxylamine groups is 1. The molecule has 1 aliphatic rings. The summed E-state index contributed by atoms with van der Waals surface area (Å²) in [4.78, 5) is 16.7. The summed E-state index contributed by atoms with van der Waals surface area (Å²) in [5.41, 5.74) is 3.87. The second kappa shape index (κ2) is 4.04. The number of carbonyl (C=O) groups is 1. The van der Waals surface area contributed by atoms with Crippen LogP contribution in [0.2, 0.25) is 0 Å². The molecule has 0 amide bonds. The van der Waals surface area contributed by atoms with Crippen molar-refractivity contribution >= 4 is 12.0 Å². The molecule has 4 nitrogen and oxygen atoms in total. The first kappa shape index (κ1) is 9.58. The molecule has 4 heteroatoms. The Labute approximate surface area is 87.5 Å². The monoisotopic (exact) mass is 205 g/mol. The van der Waals surface area contributed by atoms with E-state index in [1.807, 2.05) is 0 Å². The third kappa shape index (κ3) is 1.79. The molecule has 0 atom stereocenters. The Balaban J connectivity index is 2.40. The summed E-state index contributed by atoms with van der Waals surface area (Å²) in [6, 6.07) is 5.26. The van der Waals surface area contributed by atoms with Gasteiger partial charge in [0.25, 0.3) is 0 Å². The van der Waals surface area contributed by atoms with Gasteiger partial charge in [0, 0.05) is 11.8 Å². The minimum atomic E-state index is -0.329. The predicted octanol–water partition coefficient (Wildman–Crippen LogP) is 1.73. The maximum absolute atomic E-state index is 11.6. The average Bonchev–Trinajstić information content (AvgIpc) is 2.28. The molecule has 78 valence electrons. The maximum Gasteiger partial charge on any atom is 0.338 e. The van der Waals surface area contributed by atoms with E-state index in [1.54, 1.807) is 37.4 Å². The molecule has 1 aromatic rings. The molecule has 1 N–H and O–H groups in total. The highest BCUT2D eigenvalue weighted by molar-refractivity contribution is 5.95. The van der Waals surface area contributed by atoms with Crippen molar-refractivity contribution in [2.75, 3.05) is 6.61 Å². The molecular formula is C11H11NO3. The van der Waals surface area contributed by atoms with Crippen LogP contribution < -0.4 is 10.3 Å². The zero-order chi connectivity index (χ0) is 10.7. The summed E-state index contributed by atoms with van der Waals surface area (Å²) < 4.78 is 4.95. The Kier molecular flexibility index (Phi) is 2.58. The van der Waals surface area contributed by atoms with Crippen LogP contribution in [-0.4, -0.2) is 12.6 Å². The molecule has 0 saturated carbocycles. The fourth-order valence-electron chi connectivity index (χ4n) is 1.41. The molecule has 0 saturated heterocycles. The highest BCUT2D eigenvalue weighted by atomic mass is 16.6. The van der Waals surface area contributed by atoms with Crippen LogP contribution in [0.1, 0.15) is 22.8 Å². The Bertz CT molecular complexity index is 412. The van der Waals surface area contributed by atoms with Gasteiger partial charge in [0.15, 0.2) is 5.75 Å². The summed E-state index contributed by atoms with van der Waals surface area (Å²) >= 11 is 0. The highest BCUT2D eigenvalue weighted by Crippen LogP contribution is 2.26. The number of hydrogen-bond acceptors (Lipinski definition) is 4.